The Labute approximate surface area is 97.0 Å². The van der Waals surface area contributed by atoms with Crippen LogP contribution in [0.15, 0.2) is 18.2 Å². The van der Waals surface area contributed by atoms with Crippen molar-refractivity contribution in [3.8, 4) is 5.75 Å². The lowest BCUT2D eigenvalue weighted by atomic mass is 10.0. The van der Waals surface area contributed by atoms with Gasteiger partial charge in [0.25, 0.3) is 0 Å². The zero-order chi connectivity index (χ0) is 12.6. The van der Waals surface area contributed by atoms with Crippen LogP contribution in [-0.4, -0.2) is 17.7 Å². The van der Waals surface area contributed by atoms with Crippen molar-refractivity contribution >= 4 is 5.97 Å². The van der Waals surface area contributed by atoms with Gasteiger partial charge in [-0.1, -0.05) is 18.2 Å². The van der Waals surface area contributed by atoms with Crippen molar-refractivity contribution in [1.29, 1.82) is 0 Å². The average molecular weight is 242 g/mol. The van der Waals surface area contributed by atoms with Crippen LogP contribution >= 0.6 is 0 Å². The van der Waals surface area contributed by atoms with Crippen LogP contribution in [0.5, 0.6) is 5.75 Å². The van der Waals surface area contributed by atoms with Crippen LogP contribution in [0.4, 0.5) is 8.78 Å². The molecule has 1 aliphatic carbocycles. The van der Waals surface area contributed by atoms with Gasteiger partial charge in [-0.2, -0.15) is 8.78 Å². The number of aryl methyl sites for hydroxylation is 1. The summed E-state index contributed by atoms with van der Waals surface area (Å²) in [5.41, 5.74) is 1.16. The summed E-state index contributed by atoms with van der Waals surface area (Å²) in [6.45, 7) is -1.23. The smallest absolute Gasteiger partial charge is 0.387 e. The Balaban J connectivity index is 2.28. The first-order valence-corrected chi connectivity index (χ1v) is 5.28. The number of alkyl halides is 2. The van der Waals surface area contributed by atoms with E-state index in [1.807, 2.05) is 0 Å². The van der Waals surface area contributed by atoms with Crippen molar-refractivity contribution in [3.63, 3.8) is 0 Å². The minimum Gasteiger partial charge on any atom is -0.481 e. The van der Waals surface area contributed by atoms with Crippen LogP contribution < -0.4 is 4.74 Å². The van der Waals surface area contributed by atoms with E-state index in [4.69, 9.17) is 5.11 Å². The highest BCUT2D eigenvalue weighted by atomic mass is 19.3. The molecule has 0 amide bonds. The van der Waals surface area contributed by atoms with E-state index in [-0.39, 0.29) is 11.7 Å². The summed E-state index contributed by atoms with van der Waals surface area (Å²) in [4.78, 5) is 10.8. The molecule has 0 bridgehead atoms. The lowest BCUT2D eigenvalue weighted by Gasteiger charge is -2.12. The molecule has 0 spiro atoms. The Kier molecular flexibility index (Phi) is 3.00. The number of aliphatic carboxylic acids is 1. The van der Waals surface area contributed by atoms with E-state index in [1.165, 1.54) is 0 Å². The van der Waals surface area contributed by atoms with Crippen molar-refractivity contribution < 1.29 is 23.4 Å². The molecule has 1 aromatic rings. The number of rotatable bonds is 4. The normalized spacial score (nSPS) is 22.6. The minimum absolute atomic E-state index is 0.122. The molecule has 1 aliphatic rings. The van der Waals surface area contributed by atoms with Gasteiger partial charge in [0.15, 0.2) is 0 Å². The van der Waals surface area contributed by atoms with Crippen molar-refractivity contribution in [2.45, 2.75) is 25.9 Å². The Morgan fingerprint density at radius 2 is 2.24 bits per heavy atom. The van der Waals surface area contributed by atoms with Gasteiger partial charge in [0.1, 0.15) is 5.75 Å². The summed E-state index contributed by atoms with van der Waals surface area (Å²) < 4.78 is 29.0. The molecule has 0 saturated heterocycles. The zero-order valence-electron chi connectivity index (χ0n) is 9.19. The molecule has 1 saturated carbocycles. The lowest BCUT2D eigenvalue weighted by molar-refractivity contribution is -0.138. The third kappa shape index (κ3) is 2.38. The highest BCUT2D eigenvalue weighted by molar-refractivity contribution is 5.75. The quantitative estimate of drug-likeness (QED) is 0.883. The lowest BCUT2D eigenvalue weighted by Crippen LogP contribution is -2.07. The number of benzene rings is 1. The molecule has 92 valence electrons. The molecule has 1 aromatic carbocycles. The maximum Gasteiger partial charge on any atom is 0.387 e. The minimum atomic E-state index is -2.89. The van der Waals surface area contributed by atoms with Crippen molar-refractivity contribution in [2.24, 2.45) is 5.92 Å². The van der Waals surface area contributed by atoms with Gasteiger partial charge in [-0.3, -0.25) is 4.79 Å². The molecule has 0 aliphatic heterocycles. The van der Waals surface area contributed by atoms with E-state index in [2.05, 4.69) is 4.74 Å². The largest absolute Gasteiger partial charge is 0.481 e. The second-order valence-corrected chi connectivity index (χ2v) is 4.16. The van der Waals surface area contributed by atoms with Crippen LogP contribution in [0.25, 0.3) is 0 Å². The standard InChI is InChI=1S/C12H12F2O3/c1-6-3-2-4-7(10(6)17-12(13)14)8-5-9(8)11(15)16/h2-4,8-9,12H,5H2,1H3,(H,15,16). The third-order valence-corrected chi connectivity index (χ3v) is 2.96. The SMILES string of the molecule is Cc1cccc(C2CC2C(=O)O)c1OC(F)F. The predicted molar refractivity (Wildman–Crippen MR) is 56.3 cm³/mol. The Bertz CT molecular complexity index is 445. The maximum absolute atomic E-state index is 12.3. The summed E-state index contributed by atoms with van der Waals surface area (Å²) in [5, 5.41) is 8.84. The first kappa shape index (κ1) is 11.8. The van der Waals surface area contributed by atoms with Gasteiger partial charge < -0.3 is 9.84 Å². The second kappa shape index (κ2) is 4.31. The summed E-state index contributed by atoms with van der Waals surface area (Å²) in [7, 11) is 0. The van der Waals surface area contributed by atoms with Gasteiger partial charge in [0.2, 0.25) is 0 Å². The fourth-order valence-corrected chi connectivity index (χ4v) is 2.03. The number of halogens is 2. The third-order valence-electron chi connectivity index (χ3n) is 2.96. The van der Waals surface area contributed by atoms with Crippen molar-refractivity contribution in [3.05, 3.63) is 29.3 Å². The predicted octanol–water partition coefficient (Wildman–Crippen LogP) is 2.78. The Morgan fingerprint density at radius 1 is 1.53 bits per heavy atom. The number of carbonyl (C=O) groups is 1. The van der Waals surface area contributed by atoms with E-state index >= 15 is 0 Å². The van der Waals surface area contributed by atoms with Crippen LogP contribution in [0.2, 0.25) is 0 Å². The maximum atomic E-state index is 12.3. The molecular formula is C12H12F2O3. The molecule has 5 heteroatoms. The first-order valence-electron chi connectivity index (χ1n) is 5.28. The topological polar surface area (TPSA) is 46.5 Å². The monoisotopic (exact) mass is 242 g/mol. The van der Waals surface area contributed by atoms with E-state index in [1.54, 1.807) is 25.1 Å². The fraction of sp³-hybridized carbons (Fsp3) is 0.417. The highest BCUT2D eigenvalue weighted by Crippen LogP contribution is 2.51. The van der Waals surface area contributed by atoms with Crippen molar-refractivity contribution in [2.75, 3.05) is 0 Å². The highest BCUT2D eigenvalue weighted by Gasteiger charge is 2.45. The summed E-state index contributed by atoms with van der Waals surface area (Å²) in [6.07, 6.45) is 0.485. The van der Waals surface area contributed by atoms with Gasteiger partial charge in [0, 0.05) is 5.92 Å². The molecule has 17 heavy (non-hydrogen) atoms. The van der Waals surface area contributed by atoms with Crippen LogP contribution in [0, 0.1) is 12.8 Å². The van der Waals surface area contributed by atoms with E-state index in [0.29, 0.717) is 17.5 Å². The summed E-state index contributed by atoms with van der Waals surface area (Å²) in [6, 6.07) is 5.04. The van der Waals surface area contributed by atoms with Crippen LogP contribution in [0.3, 0.4) is 0 Å². The number of carboxylic acids is 1. The van der Waals surface area contributed by atoms with Gasteiger partial charge in [-0.15, -0.1) is 0 Å². The molecular weight excluding hydrogens is 230 g/mol. The van der Waals surface area contributed by atoms with E-state index < -0.39 is 18.5 Å². The second-order valence-electron chi connectivity index (χ2n) is 4.16. The number of para-hydroxylation sites is 1. The first-order chi connectivity index (χ1) is 8.00. The molecule has 1 fully saturated rings. The Morgan fingerprint density at radius 3 is 2.76 bits per heavy atom. The molecule has 1 N–H and O–H groups in total. The fourth-order valence-electron chi connectivity index (χ4n) is 2.03. The molecule has 3 nitrogen and oxygen atoms in total. The molecule has 2 atom stereocenters. The molecule has 2 unspecified atom stereocenters. The van der Waals surface area contributed by atoms with Crippen LogP contribution in [0.1, 0.15) is 23.5 Å². The number of hydrogen-bond donors (Lipinski definition) is 1. The summed E-state index contributed by atoms with van der Waals surface area (Å²) >= 11 is 0. The molecule has 2 rings (SSSR count). The van der Waals surface area contributed by atoms with E-state index in [9.17, 15) is 13.6 Å². The van der Waals surface area contributed by atoms with E-state index in [0.717, 1.165) is 0 Å². The molecule has 0 heterocycles. The molecule has 0 radical (unpaired) electrons. The molecule has 0 aromatic heterocycles. The number of hydrogen-bond acceptors (Lipinski definition) is 2. The number of carboxylic acid groups (broad SMARTS) is 1. The van der Waals surface area contributed by atoms with Gasteiger partial charge in [-0.25, -0.2) is 0 Å². The van der Waals surface area contributed by atoms with Gasteiger partial charge >= 0.3 is 12.6 Å². The number of ether oxygens (including phenoxy) is 1. The summed E-state index contributed by atoms with van der Waals surface area (Å²) in [5.74, 6) is -1.45. The average Bonchev–Trinajstić information content (AvgIpc) is 3.00. The Hall–Kier alpha value is -1.65. The van der Waals surface area contributed by atoms with Gasteiger partial charge in [-0.05, 0) is 24.5 Å². The zero-order valence-corrected chi connectivity index (χ0v) is 9.19. The van der Waals surface area contributed by atoms with Crippen LogP contribution in [-0.2, 0) is 4.79 Å². The van der Waals surface area contributed by atoms with Gasteiger partial charge in [0.05, 0.1) is 5.92 Å². The van der Waals surface area contributed by atoms with Crippen molar-refractivity contribution in [1.82, 2.24) is 0 Å².